The number of nitriles is 1. The monoisotopic (exact) mass is 536 g/mol. The normalized spacial score (nSPS) is 14.0. The minimum atomic E-state index is -0.345. The van der Waals surface area contributed by atoms with Crippen molar-refractivity contribution in [1.82, 2.24) is 15.5 Å². The van der Waals surface area contributed by atoms with E-state index in [-0.39, 0.29) is 54.2 Å². The molecule has 0 bridgehead atoms. The summed E-state index contributed by atoms with van der Waals surface area (Å²) in [6.07, 6.45) is 0. The van der Waals surface area contributed by atoms with Gasteiger partial charge in [-0.3, -0.25) is 19.9 Å². The number of carbonyl (C=O) groups is 2. The summed E-state index contributed by atoms with van der Waals surface area (Å²) in [6.45, 7) is 0.161. The number of carbonyl (C=O) groups excluding carboxylic acids is 2. The van der Waals surface area contributed by atoms with E-state index in [1.807, 2.05) is 30.3 Å². The number of amidine groups is 2. The molecule has 3 aromatic carbocycles. The van der Waals surface area contributed by atoms with Gasteiger partial charge in [-0.1, -0.05) is 36.4 Å². The van der Waals surface area contributed by atoms with Crippen molar-refractivity contribution in [2.75, 3.05) is 20.6 Å². The van der Waals surface area contributed by atoms with Crippen molar-refractivity contribution in [3.8, 4) is 23.3 Å². The van der Waals surface area contributed by atoms with Crippen molar-refractivity contribution in [2.24, 2.45) is 9.98 Å². The molecule has 3 aromatic rings. The van der Waals surface area contributed by atoms with Gasteiger partial charge in [0, 0.05) is 25.7 Å². The van der Waals surface area contributed by atoms with Gasteiger partial charge in [-0.05, 0) is 35.9 Å². The zero-order valence-electron chi connectivity index (χ0n) is 21.7. The fourth-order valence-corrected chi connectivity index (χ4v) is 3.80. The standard InChI is InChI=1S/C29H24N6O5/c1-35(2)28(37)20-9-6-10-21(14-20)39-29-33-26-25(32-24(36)16-31-26)27(34-29)40-23-13-19(15-30)11-12-22(23)38-17-18-7-4-3-5-8-18/h3-14H,16-17H2,1-2H3,(H,32,36)(H,31,33,34). The van der Waals surface area contributed by atoms with E-state index in [9.17, 15) is 14.9 Å². The van der Waals surface area contributed by atoms with Gasteiger partial charge in [0.25, 0.3) is 11.8 Å². The molecule has 2 aliphatic rings. The Hall–Kier alpha value is -5.63. The lowest BCUT2D eigenvalue weighted by Gasteiger charge is -2.25. The van der Waals surface area contributed by atoms with Gasteiger partial charge < -0.3 is 24.4 Å². The highest BCUT2D eigenvalue weighted by molar-refractivity contribution is 6.13. The Labute approximate surface area is 230 Å². The molecule has 11 nitrogen and oxygen atoms in total. The molecule has 40 heavy (non-hydrogen) atoms. The van der Waals surface area contributed by atoms with Gasteiger partial charge in [-0.15, -0.1) is 0 Å². The Morgan fingerprint density at radius 2 is 1.82 bits per heavy atom. The average molecular weight is 537 g/mol. The van der Waals surface area contributed by atoms with E-state index in [2.05, 4.69) is 26.7 Å². The van der Waals surface area contributed by atoms with E-state index in [0.29, 0.717) is 22.6 Å². The highest BCUT2D eigenvalue weighted by Gasteiger charge is 2.29. The lowest BCUT2D eigenvalue weighted by Crippen LogP contribution is -2.48. The highest BCUT2D eigenvalue weighted by atomic mass is 16.5. The average Bonchev–Trinajstić information content (AvgIpc) is 2.97. The van der Waals surface area contributed by atoms with E-state index in [1.54, 1.807) is 50.5 Å². The molecule has 2 N–H and O–H groups in total. The van der Waals surface area contributed by atoms with Gasteiger partial charge in [0.15, 0.2) is 17.3 Å². The summed E-state index contributed by atoms with van der Waals surface area (Å²) < 4.78 is 18.1. The number of aliphatic imine (C=N–C) groups is 2. The van der Waals surface area contributed by atoms with Crippen LogP contribution >= 0.6 is 0 Å². The van der Waals surface area contributed by atoms with Gasteiger partial charge in [0.05, 0.1) is 11.6 Å². The second-order valence-corrected chi connectivity index (χ2v) is 8.91. The van der Waals surface area contributed by atoms with Crippen LogP contribution in [0, 0.1) is 11.3 Å². The van der Waals surface area contributed by atoms with Crippen LogP contribution in [-0.4, -0.2) is 49.2 Å². The summed E-state index contributed by atoms with van der Waals surface area (Å²) >= 11 is 0. The highest BCUT2D eigenvalue weighted by Crippen LogP contribution is 2.32. The number of rotatable bonds is 7. The topological polar surface area (TPSA) is 138 Å². The van der Waals surface area contributed by atoms with E-state index >= 15 is 0 Å². The van der Waals surface area contributed by atoms with Crippen LogP contribution in [0.3, 0.4) is 0 Å². The molecule has 200 valence electrons. The largest absolute Gasteiger partial charge is 0.485 e. The Bertz CT molecular complexity index is 1600. The molecule has 2 aliphatic heterocycles. The second-order valence-electron chi connectivity index (χ2n) is 8.91. The van der Waals surface area contributed by atoms with Crippen molar-refractivity contribution in [2.45, 2.75) is 6.61 Å². The molecule has 5 rings (SSSR count). The van der Waals surface area contributed by atoms with E-state index in [1.165, 1.54) is 11.0 Å². The van der Waals surface area contributed by atoms with Gasteiger partial charge in [0.1, 0.15) is 24.6 Å². The van der Waals surface area contributed by atoms with Crippen molar-refractivity contribution in [1.29, 1.82) is 5.26 Å². The molecule has 0 aliphatic carbocycles. The third kappa shape index (κ3) is 5.92. The summed E-state index contributed by atoms with van der Waals surface area (Å²) in [4.78, 5) is 34.7. The summed E-state index contributed by atoms with van der Waals surface area (Å²) in [5.41, 5.74) is 1.92. The first-order chi connectivity index (χ1) is 19.4. The maximum atomic E-state index is 12.4. The molecule has 2 heterocycles. The number of nitrogens with zero attached hydrogens (tertiary/aromatic N) is 4. The van der Waals surface area contributed by atoms with Crippen molar-refractivity contribution in [3.05, 3.63) is 101 Å². The number of hydrogen-bond donors (Lipinski definition) is 2. The molecule has 0 unspecified atom stereocenters. The lowest BCUT2D eigenvalue weighted by atomic mass is 10.2. The number of hydrogen-bond acceptors (Lipinski definition) is 9. The van der Waals surface area contributed by atoms with Crippen molar-refractivity contribution in [3.63, 3.8) is 0 Å². The Morgan fingerprint density at radius 3 is 2.60 bits per heavy atom. The molecule has 0 saturated heterocycles. The molecule has 0 spiro atoms. The molecule has 0 fully saturated rings. The van der Waals surface area contributed by atoms with Gasteiger partial charge >= 0.3 is 6.02 Å². The van der Waals surface area contributed by atoms with Crippen LogP contribution in [0.1, 0.15) is 21.5 Å². The number of amides is 2. The summed E-state index contributed by atoms with van der Waals surface area (Å²) in [5, 5.41) is 15.1. The predicted octanol–water partition coefficient (Wildman–Crippen LogP) is 2.95. The van der Waals surface area contributed by atoms with Crippen LogP contribution in [-0.2, 0) is 11.4 Å². The SMILES string of the molecule is CN(C)C(=O)c1cccc(OC2=NC(Oc3cc(C#N)ccc3OCc3ccccc3)=C3NC(=O)CN=C3N2)c1. The molecule has 0 radical (unpaired) electrons. The van der Waals surface area contributed by atoms with Crippen molar-refractivity contribution >= 4 is 23.7 Å². The summed E-state index contributed by atoms with van der Waals surface area (Å²) in [7, 11) is 3.32. The molecule has 2 amide bonds. The minimum Gasteiger partial charge on any atom is -0.485 e. The van der Waals surface area contributed by atoms with Crippen molar-refractivity contribution < 1.29 is 23.8 Å². The number of nitrogens with one attached hydrogen (secondary N) is 2. The van der Waals surface area contributed by atoms with Gasteiger partial charge in [-0.2, -0.15) is 10.3 Å². The minimum absolute atomic E-state index is 0.00583. The quantitative estimate of drug-likeness (QED) is 0.474. The van der Waals surface area contributed by atoms with Crippen LogP contribution < -0.4 is 24.8 Å². The smallest absolute Gasteiger partial charge is 0.304 e. The molecular weight excluding hydrogens is 512 g/mol. The number of benzene rings is 3. The van der Waals surface area contributed by atoms with Crippen LogP contribution in [0.5, 0.6) is 17.2 Å². The first-order valence-corrected chi connectivity index (χ1v) is 12.2. The maximum Gasteiger partial charge on any atom is 0.304 e. The zero-order chi connectivity index (χ0) is 28.1. The first-order valence-electron chi connectivity index (χ1n) is 12.2. The number of ether oxygens (including phenoxy) is 3. The molecular formula is C29H24N6O5. The predicted molar refractivity (Wildman–Crippen MR) is 146 cm³/mol. The third-order valence-corrected chi connectivity index (χ3v) is 5.74. The molecule has 0 atom stereocenters. The lowest BCUT2D eigenvalue weighted by molar-refractivity contribution is -0.119. The molecule has 0 aromatic heterocycles. The zero-order valence-corrected chi connectivity index (χ0v) is 21.7. The van der Waals surface area contributed by atoms with Crippen LogP contribution in [0.15, 0.2) is 94.4 Å². The second kappa shape index (κ2) is 11.4. The fraction of sp³-hybridized carbons (Fsp3) is 0.138. The van der Waals surface area contributed by atoms with Crippen LogP contribution in [0.4, 0.5) is 0 Å². The molecule has 0 saturated carbocycles. The third-order valence-electron chi connectivity index (χ3n) is 5.74. The van der Waals surface area contributed by atoms with Gasteiger partial charge in [-0.25, -0.2) is 0 Å². The summed E-state index contributed by atoms with van der Waals surface area (Å²) in [6, 6.07) is 23.1. The van der Waals surface area contributed by atoms with Crippen LogP contribution in [0.2, 0.25) is 0 Å². The van der Waals surface area contributed by atoms with E-state index in [4.69, 9.17) is 14.2 Å². The Morgan fingerprint density at radius 1 is 1.00 bits per heavy atom. The first kappa shape index (κ1) is 26.0. The summed E-state index contributed by atoms with van der Waals surface area (Å²) in [5.74, 6) is 0.643. The maximum absolute atomic E-state index is 12.4. The van der Waals surface area contributed by atoms with Gasteiger partial charge in [0.2, 0.25) is 5.91 Å². The van der Waals surface area contributed by atoms with E-state index in [0.717, 1.165) is 5.56 Å². The van der Waals surface area contributed by atoms with Crippen LogP contribution in [0.25, 0.3) is 0 Å². The Kier molecular flexibility index (Phi) is 7.41. The Balaban J connectivity index is 1.47. The number of fused-ring (bicyclic) bond motifs is 1. The molecule has 11 heteroatoms. The fourth-order valence-electron chi connectivity index (χ4n) is 3.80. The van der Waals surface area contributed by atoms with E-state index < -0.39 is 0 Å².